The Morgan fingerprint density at radius 1 is 0.951 bits per heavy atom. The van der Waals surface area contributed by atoms with Crippen LogP contribution in [0.5, 0.6) is 0 Å². The van der Waals surface area contributed by atoms with Gasteiger partial charge >= 0.3 is 0 Å². The Balaban J connectivity index is 1.40. The lowest BCUT2D eigenvalue weighted by atomic mass is 9.81. The number of rotatable bonds is 13. The van der Waals surface area contributed by atoms with Gasteiger partial charge in [0.2, 0.25) is 11.8 Å². The molecule has 41 heavy (non-hydrogen) atoms. The van der Waals surface area contributed by atoms with Crippen LogP contribution >= 0.6 is 0 Å². The van der Waals surface area contributed by atoms with Gasteiger partial charge in [0, 0.05) is 37.2 Å². The fourth-order valence-electron chi connectivity index (χ4n) is 5.29. The Kier molecular flexibility index (Phi) is 9.40. The molecule has 0 fully saturated rings. The van der Waals surface area contributed by atoms with Gasteiger partial charge in [-0.05, 0) is 23.3 Å². The Bertz CT molecular complexity index is 1350. The summed E-state index contributed by atoms with van der Waals surface area (Å²) < 4.78 is 17.3. The minimum atomic E-state index is -1.27. The molecule has 9 nitrogen and oxygen atoms in total. The molecule has 0 unspecified atom stereocenters. The van der Waals surface area contributed by atoms with Gasteiger partial charge in [-0.15, -0.1) is 0 Å². The molecule has 3 aromatic carbocycles. The van der Waals surface area contributed by atoms with Crippen LogP contribution in [0.4, 0.5) is 0 Å². The van der Waals surface area contributed by atoms with Crippen molar-refractivity contribution >= 4 is 17.7 Å². The number of nitrogens with zero attached hydrogens (tertiary/aromatic N) is 2. The number of carbonyl (C=O) groups excluding carboxylic acids is 2. The SMILES string of the molecule is NCCOCCOCCNC(=O)CN1Cc2ccccc2[C@@H]2OC(c3ccccc3)=N[C@]2(Cc2ccccc2)C1=O. The maximum atomic E-state index is 14.5. The van der Waals surface area contributed by atoms with E-state index in [4.69, 9.17) is 24.9 Å². The minimum absolute atomic E-state index is 0.105. The van der Waals surface area contributed by atoms with Gasteiger partial charge < -0.3 is 30.2 Å². The highest BCUT2D eigenvalue weighted by molar-refractivity contribution is 6.02. The molecule has 214 valence electrons. The molecule has 2 heterocycles. The summed E-state index contributed by atoms with van der Waals surface area (Å²) in [6.45, 7) is 2.66. The average molecular weight is 557 g/mol. The van der Waals surface area contributed by atoms with Crippen molar-refractivity contribution in [2.45, 2.75) is 24.6 Å². The maximum absolute atomic E-state index is 14.5. The van der Waals surface area contributed by atoms with Crippen molar-refractivity contribution < 1.29 is 23.8 Å². The molecule has 0 saturated carbocycles. The fourth-order valence-corrected chi connectivity index (χ4v) is 5.29. The van der Waals surface area contributed by atoms with E-state index in [-0.39, 0.29) is 24.9 Å². The molecule has 0 radical (unpaired) electrons. The third-order valence-electron chi connectivity index (χ3n) is 7.20. The van der Waals surface area contributed by atoms with Gasteiger partial charge in [-0.2, -0.15) is 0 Å². The molecule has 9 heteroatoms. The highest BCUT2D eigenvalue weighted by Gasteiger charge is 2.56. The van der Waals surface area contributed by atoms with E-state index >= 15 is 0 Å². The van der Waals surface area contributed by atoms with Gasteiger partial charge in [0.05, 0.1) is 33.0 Å². The summed E-state index contributed by atoms with van der Waals surface area (Å²) in [5, 5.41) is 2.87. The van der Waals surface area contributed by atoms with Crippen molar-refractivity contribution in [3.05, 3.63) is 107 Å². The summed E-state index contributed by atoms with van der Waals surface area (Å²) in [6.07, 6.45) is -0.301. The Labute approximate surface area is 240 Å². The summed E-state index contributed by atoms with van der Waals surface area (Å²) in [5.41, 5.74) is 7.72. The smallest absolute Gasteiger partial charge is 0.256 e. The van der Waals surface area contributed by atoms with Crippen LogP contribution in [0.25, 0.3) is 0 Å². The average Bonchev–Trinajstić information content (AvgIpc) is 3.35. The Hall–Kier alpha value is -4.05. The zero-order chi connectivity index (χ0) is 28.5. The number of nitrogens with one attached hydrogen (secondary N) is 1. The number of fused-ring (bicyclic) bond motifs is 3. The first kappa shape index (κ1) is 28.5. The lowest BCUT2D eigenvalue weighted by molar-refractivity contribution is -0.143. The zero-order valence-corrected chi connectivity index (χ0v) is 23.0. The second-order valence-electron chi connectivity index (χ2n) is 10.1. The molecule has 3 N–H and O–H groups in total. The van der Waals surface area contributed by atoms with Crippen LogP contribution in [-0.4, -0.2) is 74.2 Å². The number of benzene rings is 3. The lowest BCUT2D eigenvalue weighted by Gasteiger charge is -2.32. The molecule has 0 saturated heterocycles. The van der Waals surface area contributed by atoms with Gasteiger partial charge in [0.1, 0.15) is 0 Å². The number of carbonyl (C=O) groups is 2. The first-order valence-corrected chi connectivity index (χ1v) is 14.0. The zero-order valence-electron chi connectivity index (χ0n) is 23.0. The van der Waals surface area contributed by atoms with E-state index < -0.39 is 11.6 Å². The quantitative estimate of drug-likeness (QED) is 0.313. The van der Waals surface area contributed by atoms with Crippen LogP contribution in [-0.2, 0) is 36.8 Å². The molecule has 2 aliphatic heterocycles. The molecular weight excluding hydrogens is 520 g/mol. The van der Waals surface area contributed by atoms with Crippen LogP contribution in [0.15, 0.2) is 89.9 Å². The molecule has 0 spiro atoms. The van der Waals surface area contributed by atoms with Crippen molar-refractivity contribution in [3.63, 3.8) is 0 Å². The molecule has 3 aromatic rings. The van der Waals surface area contributed by atoms with Crippen molar-refractivity contribution in [2.75, 3.05) is 46.1 Å². The number of hydrogen-bond acceptors (Lipinski definition) is 7. The van der Waals surface area contributed by atoms with E-state index in [9.17, 15) is 9.59 Å². The topological polar surface area (TPSA) is 115 Å². The number of nitrogens with two attached hydrogens (primary N) is 1. The van der Waals surface area contributed by atoms with Gasteiger partial charge in [0.25, 0.3) is 5.91 Å². The minimum Gasteiger partial charge on any atom is -0.466 e. The van der Waals surface area contributed by atoms with Crippen LogP contribution in [0.3, 0.4) is 0 Å². The molecule has 0 aromatic heterocycles. The van der Waals surface area contributed by atoms with Gasteiger partial charge in [-0.25, -0.2) is 4.99 Å². The molecule has 0 bridgehead atoms. The first-order chi connectivity index (χ1) is 20.1. The lowest BCUT2D eigenvalue weighted by Crippen LogP contribution is -2.52. The van der Waals surface area contributed by atoms with Crippen molar-refractivity contribution in [2.24, 2.45) is 10.7 Å². The third-order valence-corrected chi connectivity index (χ3v) is 7.20. The van der Waals surface area contributed by atoms with Gasteiger partial charge in [-0.3, -0.25) is 9.59 Å². The largest absolute Gasteiger partial charge is 0.466 e. The van der Waals surface area contributed by atoms with Crippen molar-refractivity contribution in [3.8, 4) is 0 Å². The second kappa shape index (κ2) is 13.5. The number of hydrogen-bond donors (Lipinski definition) is 2. The molecule has 0 aliphatic carbocycles. The second-order valence-corrected chi connectivity index (χ2v) is 10.1. The molecule has 2 aliphatic rings. The highest BCUT2D eigenvalue weighted by atomic mass is 16.5. The van der Waals surface area contributed by atoms with Crippen LogP contribution in [0.1, 0.15) is 28.4 Å². The van der Waals surface area contributed by atoms with Crippen LogP contribution in [0, 0.1) is 0 Å². The van der Waals surface area contributed by atoms with E-state index in [1.165, 1.54) is 0 Å². The van der Waals surface area contributed by atoms with Crippen LogP contribution < -0.4 is 11.1 Å². The van der Waals surface area contributed by atoms with Gasteiger partial charge in [-0.1, -0.05) is 72.8 Å². The van der Waals surface area contributed by atoms with Crippen molar-refractivity contribution in [1.82, 2.24) is 10.2 Å². The summed E-state index contributed by atoms with van der Waals surface area (Å²) >= 11 is 0. The standard InChI is InChI=1S/C32H36N4O5/c33-15-17-39-19-20-40-18-16-34-28(37)23-36-22-26-13-7-8-14-27(26)29-32(31(36)38,21-24-9-3-1-4-10-24)35-30(41-29)25-11-5-2-6-12-25/h1-14,29H,15-23,33H2,(H,34,37)/t29-,32-/m0/s1. The summed E-state index contributed by atoms with van der Waals surface area (Å²) in [6, 6.07) is 27.3. The number of aliphatic imine (C=N–C) groups is 1. The van der Waals surface area contributed by atoms with E-state index in [1.807, 2.05) is 84.9 Å². The molecule has 2 amide bonds. The van der Waals surface area contributed by atoms with E-state index in [2.05, 4.69) is 5.32 Å². The van der Waals surface area contributed by atoms with Gasteiger partial charge in [0.15, 0.2) is 11.6 Å². The Morgan fingerprint density at radius 3 is 2.39 bits per heavy atom. The monoisotopic (exact) mass is 556 g/mol. The maximum Gasteiger partial charge on any atom is 0.256 e. The molecule has 2 atom stereocenters. The van der Waals surface area contributed by atoms with E-state index in [0.717, 1.165) is 22.3 Å². The summed E-state index contributed by atoms with van der Waals surface area (Å²) in [7, 11) is 0. The third kappa shape index (κ3) is 6.65. The normalized spacial score (nSPS) is 19.5. The highest BCUT2D eigenvalue weighted by Crippen LogP contribution is 2.46. The van der Waals surface area contributed by atoms with Crippen LogP contribution in [0.2, 0.25) is 0 Å². The number of amides is 2. The molecular formula is C32H36N4O5. The van der Waals surface area contributed by atoms with E-state index in [0.29, 0.717) is 51.8 Å². The molecule has 5 rings (SSSR count). The predicted octanol–water partition coefficient (Wildman–Crippen LogP) is 2.64. The van der Waals surface area contributed by atoms with E-state index in [1.54, 1.807) is 4.90 Å². The Morgan fingerprint density at radius 2 is 1.63 bits per heavy atom. The predicted molar refractivity (Wildman–Crippen MR) is 155 cm³/mol. The fraction of sp³-hybridized carbons (Fsp3) is 0.344. The number of ether oxygens (including phenoxy) is 3. The first-order valence-electron chi connectivity index (χ1n) is 14.0. The summed E-state index contributed by atoms with van der Waals surface area (Å²) in [4.78, 5) is 34.2. The van der Waals surface area contributed by atoms with Crippen molar-refractivity contribution in [1.29, 1.82) is 0 Å². The summed E-state index contributed by atoms with van der Waals surface area (Å²) in [5.74, 6) is -0.0798.